The van der Waals surface area contributed by atoms with Crippen LogP contribution in [-0.4, -0.2) is 33.4 Å². The van der Waals surface area contributed by atoms with Gasteiger partial charge in [0.25, 0.3) is 0 Å². The van der Waals surface area contributed by atoms with Crippen molar-refractivity contribution >= 4 is 67.3 Å². The Morgan fingerprint density at radius 1 is 1.25 bits per heavy atom. The maximum absolute atomic E-state index is 11.7. The summed E-state index contributed by atoms with van der Waals surface area (Å²) in [5, 5.41) is 17.4. The highest BCUT2D eigenvalue weighted by Crippen LogP contribution is 2.36. The van der Waals surface area contributed by atoms with E-state index in [9.17, 15) is 9.90 Å². The predicted molar refractivity (Wildman–Crippen MR) is 117 cm³/mol. The third-order valence-corrected chi connectivity index (χ3v) is 5.82. The third kappa shape index (κ3) is 4.96. The number of ether oxygens (including phenoxy) is 1. The standard InChI is InChI=1S/C18H12Br2ClN3O3S/c1-27-15-12(19)6-9(7-13(15)20)8-14(17(25)26)28-18-22-16(23-24-18)10-2-4-11(21)5-3-10/h2-8H,1H3,(H,25,26)(H,22,23,24)/b14-8-. The molecule has 0 aliphatic heterocycles. The van der Waals surface area contributed by atoms with Crippen LogP contribution in [0.4, 0.5) is 0 Å². The lowest BCUT2D eigenvalue weighted by molar-refractivity contribution is -0.131. The molecule has 1 aromatic heterocycles. The van der Waals surface area contributed by atoms with Crippen LogP contribution in [0.5, 0.6) is 5.75 Å². The highest BCUT2D eigenvalue weighted by Gasteiger charge is 2.15. The number of rotatable bonds is 6. The van der Waals surface area contributed by atoms with E-state index in [4.69, 9.17) is 16.3 Å². The van der Waals surface area contributed by atoms with Crippen LogP contribution in [0.1, 0.15) is 5.56 Å². The molecular weight excluding hydrogens is 534 g/mol. The monoisotopic (exact) mass is 543 g/mol. The first-order valence-electron chi connectivity index (χ1n) is 7.71. The van der Waals surface area contributed by atoms with Gasteiger partial charge in [-0.05, 0) is 91.7 Å². The number of nitrogens with one attached hydrogen (secondary N) is 1. The van der Waals surface area contributed by atoms with E-state index in [1.54, 1.807) is 49.6 Å². The van der Waals surface area contributed by atoms with Gasteiger partial charge in [0, 0.05) is 10.6 Å². The number of hydrogen-bond donors (Lipinski definition) is 2. The zero-order chi connectivity index (χ0) is 20.3. The van der Waals surface area contributed by atoms with Crippen molar-refractivity contribution in [3.63, 3.8) is 0 Å². The zero-order valence-electron chi connectivity index (χ0n) is 14.2. The fourth-order valence-corrected chi connectivity index (χ4v) is 4.65. The van der Waals surface area contributed by atoms with Gasteiger partial charge in [0.05, 0.1) is 16.1 Å². The number of halogens is 3. The fourth-order valence-electron chi connectivity index (χ4n) is 2.27. The van der Waals surface area contributed by atoms with Crippen molar-refractivity contribution in [1.29, 1.82) is 0 Å². The fraction of sp³-hybridized carbons (Fsp3) is 0.0556. The molecule has 2 N–H and O–H groups in total. The number of nitrogens with zero attached hydrogens (tertiary/aromatic N) is 2. The second-order valence-electron chi connectivity index (χ2n) is 5.41. The van der Waals surface area contributed by atoms with Crippen molar-refractivity contribution in [2.75, 3.05) is 7.11 Å². The van der Waals surface area contributed by atoms with Gasteiger partial charge in [-0.1, -0.05) is 11.6 Å². The van der Waals surface area contributed by atoms with Gasteiger partial charge < -0.3 is 9.84 Å². The molecule has 3 rings (SSSR count). The number of H-pyrrole nitrogens is 1. The van der Waals surface area contributed by atoms with E-state index < -0.39 is 5.97 Å². The summed E-state index contributed by atoms with van der Waals surface area (Å²) >= 11 is 13.7. The van der Waals surface area contributed by atoms with Crippen LogP contribution >= 0.6 is 55.2 Å². The van der Waals surface area contributed by atoms with Gasteiger partial charge in [0.1, 0.15) is 10.7 Å². The maximum atomic E-state index is 11.7. The summed E-state index contributed by atoms with van der Waals surface area (Å²) in [6, 6.07) is 10.6. The largest absolute Gasteiger partial charge is 0.494 e. The Hall–Kier alpha value is -1.81. The molecule has 2 aromatic carbocycles. The molecule has 0 radical (unpaired) electrons. The average Bonchev–Trinajstić information content (AvgIpc) is 3.10. The van der Waals surface area contributed by atoms with Crippen molar-refractivity contribution in [3.8, 4) is 17.1 Å². The van der Waals surface area contributed by atoms with Gasteiger partial charge in [-0.25, -0.2) is 9.78 Å². The normalized spacial score (nSPS) is 11.5. The van der Waals surface area contributed by atoms with Gasteiger partial charge in [-0.2, -0.15) is 0 Å². The summed E-state index contributed by atoms with van der Waals surface area (Å²) in [6.45, 7) is 0. The van der Waals surface area contributed by atoms with Crippen LogP contribution in [0.2, 0.25) is 5.02 Å². The van der Waals surface area contributed by atoms with E-state index in [1.807, 2.05) is 0 Å². The van der Waals surface area contributed by atoms with Crippen LogP contribution in [0, 0.1) is 0 Å². The van der Waals surface area contributed by atoms with E-state index in [-0.39, 0.29) is 4.91 Å². The summed E-state index contributed by atoms with van der Waals surface area (Å²) in [7, 11) is 1.56. The molecule has 6 nitrogen and oxygen atoms in total. The minimum Gasteiger partial charge on any atom is -0.494 e. The SMILES string of the molecule is COc1c(Br)cc(/C=C(\Sc2n[nH]c(-c3ccc(Cl)cc3)n2)C(=O)O)cc1Br. The molecular formula is C18H12Br2ClN3O3S. The third-order valence-electron chi connectivity index (χ3n) is 3.52. The van der Waals surface area contributed by atoms with Gasteiger partial charge in [-0.3, -0.25) is 5.10 Å². The van der Waals surface area contributed by atoms with E-state index in [0.29, 0.717) is 36.3 Å². The quantitative estimate of drug-likeness (QED) is 0.297. The summed E-state index contributed by atoms with van der Waals surface area (Å²) in [5.74, 6) is 0.0769. The number of carboxylic acid groups (broad SMARTS) is 1. The van der Waals surface area contributed by atoms with Crippen molar-refractivity contribution in [2.45, 2.75) is 5.16 Å². The van der Waals surface area contributed by atoms with Gasteiger partial charge in [-0.15, -0.1) is 5.10 Å². The number of methoxy groups -OCH3 is 1. The number of aromatic nitrogens is 3. The predicted octanol–water partition coefficient (Wildman–Crippen LogP) is 5.88. The lowest BCUT2D eigenvalue weighted by Crippen LogP contribution is -1.97. The Kier molecular flexibility index (Phi) is 6.82. The lowest BCUT2D eigenvalue weighted by Gasteiger charge is -2.07. The summed E-state index contributed by atoms with van der Waals surface area (Å²) in [4.78, 5) is 16.1. The second kappa shape index (κ2) is 9.13. The number of aliphatic carboxylic acids is 1. The first-order chi connectivity index (χ1) is 13.4. The zero-order valence-corrected chi connectivity index (χ0v) is 19.0. The van der Waals surface area contributed by atoms with E-state index in [1.165, 1.54) is 0 Å². The van der Waals surface area contributed by atoms with Crippen LogP contribution in [0.15, 0.2) is 55.4 Å². The van der Waals surface area contributed by atoms with E-state index in [2.05, 4.69) is 47.0 Å². The van der Waals surface area contributed by atoms with Crippen molar-refractivity contribution in [1.82, 2.24) is 15.2 Å². The topological polar surface area (TPSA) is 88.1 Å². The molecule has 0 aliphatic rings. The Balaban J connectivity index is 1.87. The Bertz CT molecular complexity index is 1030. The Morgan fingerprint density at radius 3 is 2.46 bits per heavy atom. The van der Waals surface area contributed by atoms with Gasteiger partial charge in [0.2, 0.25) is 5.16 Å². The minimum absolute atomic E-state index is 0.0747. The minimum atomic E-state index is -1.08. The molecule has 0 saturated carbocycles. The molecule has 0 saturated heterocycles. The van der Waals surface area contributed by atoms with Gasteiger partial charge >= 0.3 is 5.97 Å². The molecule has 0 spiro atoms. The molecule has 1 heterocycles. The molecule has 0 bridgehead atoms. The molecule has 0 fully saturated rings. The number of benzene rings is 2. The first-order valence-corrected chi connectivity index (χ1v) is 10.5. The summed E-state index contributed by atoms with van der Waals surface area (Å²) < 4.78 is 6.67. The lowest BCUT2D eigenvalue weighted by atomic mass is 10.2. The van der Waals surface area contributed by atoms with Crippen molar-refractivity contribution in [2.24, 2.45) is 0 Å². The smallest absolute Gasteiger partial charge is 0.342 e. The van der Waals surface area contributed by atoms with Crippen LogP contribution in [0.3, 0.4) is 0 Å². The highest BCUT2D eigenvalue weighted by atomic mass is 79.9. The number of thioether (sulfide) groups is 1. The van der Waals surface area contributed by atoms with Crippen LogP contribution in [-0.2, 0) is 4.79 Å². The second-order valence-corrected chi connectivity index (χ2v) is 8.56. The molecule has 0 unspecified atom stereocenters. The summed E-state index contributed by atoms with van der Waals surface area (Å²) in [6.07, 6.45) is 1.54. The molecule has 0 atom stereocenters. The van der Waals surface area contributed by atoms with Crippen molar-refractivity contribution < 1.29 is 14.6 Å². The maximum Gasteiger partial charge on any atom is 0.342 e. The molecule has 0 aliphatic carbocycles. The number of carbonyl (C=O) groups is 1. The van der Waals surface area contributed by atoms with E-state index >= 15 is 0 Å². The van der Waals surface area contributed by atoms with Gasteiger partial charge in [0.15, 0.2) is 5.82 Å². The van der Waals surface area contributed by atoms with Crippen molar-refractivity contribution in [3.05, 3.63) is 60.8 Å². The molecule has 0 amide bonds. The Morgan fingerprint density at radius 2 is 1.89 bits per heavy atom. The molecule has 28 heavy (non-hydrogen) atoms. The highest BCUT2D eigenvalue weighted by molar-refractivity contribution is 9.11. The van der Waals surface area contributed by atoms with Crippen LogP contribution < -0.4 is 4.74 Å². The van der Waals surface area contributed by atoms with Crippen LogP contribution in [0.25, 0.3) is 17.5 Å². The summed E-state index contributed by atoms with van der Waals surface area (Å²) in [5.41, 5.74) is 1.48. The number of hydrogen-bond acceptors (Lipinski definition) is 5. The Labute approximate surface area is 186 Å². The number of carboxylic acids is 1. The molecule has 144 valence electrons. The van der Waals surface area contributed by atoms with E-state index in [0.717, 1.165) is 17.3 Å². The number of aromatic amines is 1. The first kappa shape index (κ1) is 20.9. The molecule has 10 heteroatoms. The molecule has 3 aromatic rings. The average molecular weight is 546 g/mol.